The Morgan fingerprint density at radius 1 is 1.76 bits per heavy atom. The molecule has 0 amide bonds. The Morgan fingerprint density at radius 3 is 3.18 bits per heavy atom. The molecule has 1 aliphatic heterocycles. The van der Waals surface area contributed by atoms with Gasteiger partial charge >= 0.3 is 0 Å². The number of rotatable bonds is 3. The Balaban J connectivity index is 2.20. The van der Waals surface area contributed by atoms with Crippen LogP contribution in [-0.2, 0) is 21.3 Å². The molecule has 0 fully saturated rings. The summed E-state index contributed by atoms with van der Waals surface area (Å²) in [5.41, 5.74) is 0. The lowest BCUT2D eigenvalue weighted by Crippen LogP contribution is -2.33. The Hall–Kier alpha value is -1.56. The van der Waals surface area contributed by atoms with Crippen molar-refractivity contribution in [1.82, 2.24) is 9.78 Å². The summed E-state index contributed by atoms with van der Waals surface area (Å²) in [6.07, 6.45) is 5.98. The van der Waals surface area contributed by atoms with Gasteiger partial charge in [-0.3, -0.25) is 0 Å². The summed E-state index contributed by atoms with van der Waals surface area (Å²) in [5, 5.41) is 8.90. The molecule has 92 valence electrons. The molecule has 2 N–H and O–H groups in total. The molecule has 0 radical (unpaired) electrons. The van der Waals surface area contributed by atoms with Gasteiger partial charge in [0.15, 0.2) is 4.90 Å². The van der Waals surface area contributed by atoms with Crippen molar-refractivity contribution in [3.05, 3.63) is 6.20 Å². The molecule has 17 heavy (non-hydrogen) atoms. The lowest BCUT2D eigenvalue weighted by Gasteiger charge is -2.23. The number of aromatic nitrogens is 2. The maximum absolute atomic E-state index is 11.2. The van der Waals surface area contributed by atoms with Crippen molar-refractivity contribution in [3.8, 4) is 18.2 Å². The highest BCUT2D eigenvalue weighted by atomic mass is 32.2. The van der Waals surface area contributed by atoms with Crippen molar-refractivity contribution in [1.29, 1.82) is 0 Å². The lowest BCUT2D eigenvalue weighted by atomic mass is 10.3. The number of primary sulfonamides is 1. The van der Waals surface area contributed by atoms with Gasteiger partial charge < -0.3 is 9.47 Å². The summed E-state index contributed by atoms with van der Waals surface area (Å²) in [4.78, 5) is -0.118. The molecule has 0 bridgehead atoms. The van der Waals surface area contributed by atoms with E-state index in [2.05, 4.69) is 11.0 Å². The Kier molecular flexibility index (Phi) is 3.06. The van der Waals surface area contributed by atoms with E-state index in [4.69, 9.17) is 21.0 Å². The normalized spacial score (nSPS) is 19.2. The monoisotopic (exact) mass is 257 g/mol. The van der Waals surface area contributed by atoms with E-state index < -0.39 is 10.0 Å². The number of hydrogen-bond acceptors (Lipinski definition) is 5. The number of nitrogens with two attached hydrogens (primary N) is 1. The maximum Gasteiger partial charge on any atom is 0.245 e. The molecule has 0 aliphatic carbocycles. The van der Waals surface area contributed by atoms with Crippen molar-refractivity contribution in [2.24, 2.45) is 5.14 Å². The molecule has 0 spiro atoms. The summed E-state index contributed by atoms with van der Waals surface area (Å²) < 4.78 is 34.4. The van der Waals surface area contributed by atoms with E-state index in [-0.39, 0.29) is 30.1 Å². The summed E-state index contributed by atoms with van der Waals surface area (Å²) >= 11 is 0. The first kappa shape index (κ1) is 11.9. The minimum absolute atomic E-state index is 0.118. The second kappa shape index (κ2) is 4.37. The minimum atomic E-state index is -3.82. The van der Waals surface area contributed by atoms with Crippen LogP contribution < -0.4 is 9.88 Å². The van der Waals surface area contributed by atoms with Crippen molar-refractivity contribution in [2.45, 2.75) is 17.5 Å². The van der Waals surface area contributed by atoms with Gasteiger partial charge in [0.05, 0.1) is 12.7 Å². The number of ether oxygens (including phenoxy) is 2. The molecule has 7 nitrogen and oxygen atoms in total. The van der Waals surface area contributed by atoms with E-state index >= 15 is 0 Å². The number of fused-ring (bicyclic) bond motifs is 1. The highest BCUT2D eigenvalue weighted by Crippen LogP contribution is 2.26. The SMILES string of the molecule is C#CCO[C@H]1COc2c(S(N)(=O)=O)cnn2C1. The van der Waals surface area contributed by atoms with Crippen LogP contribution in [0.5, 0.6) is 5.88 Å². The van der Waals surface area contributed by atoms with Crippen molar-refractivity contribution in [3.63, 3.8) is 0 Å². The molecule has 0 unspecified atom stereocenters. The van der Waals surface area contributed by atoms with Gasteiger partial charge in [-0.15, -0.1) is 6.42 Å². The number of sulfonamides is 1. The Morgan fingerprint density at radius 2 is 2.53 bits per heavy atom. The molecule has 0 saturated carbocycles. The van der Waals surface area contributed by atoms with Crippen LogP contribution in [0.4, 0.5) is 0 Å². The van der Waals surface area contributed by atoms with Crippen molar-refractivity contribution >= 4 is 10.0 Å². The fourth-order valence-electron chi connectivity index (χ4n) is 1.51. The molecule has 0 saturated heterocycles. The van der Waals surface area contributed by atoms with Crippen LogP contribution in [0, 0.1) is 12.3 Å². The van der Waals surface area contributed by atoms with Gasteiger partial charge in [-0.25, -0.2) is 18.2 Å². The molecule has 2 heterocycles. The van der Waals surface area contributed by atoms with Gasteiger partial charge in [0.2, 0.25) is 15.9 Å². The van der Waals surface area contributed by atoms with Crippen LogP contribution in [0.3, 0.4) is 0 Å². The highest BCUT2D eigenvalue weighted by Gasteiger charge is 2.28. The standard InChI is InChI=1S/C9H11N3O4S/c1-2-3-15-7-5-12-9(16-6-7)8(4-11-12)17(10,13)14/h1,4,7H,3,5-6H2,(H2,10,13,14)/t7-/m1/s1. The third-order valence-electron chi connectivity index (χ3n) is 2.25. The van der Waals surface area contributed by atoms with E-state index in [1.165, 1.54) is 4.68 Å². The fraction of sp³-hybridized carbons (Fsp3) is 0.444. The van der Waals surface area contributed by atoms with Crippen LogP contribution in [0.2, 0.25) is 0 Å². The number of terminal acetylenes is 1. The summed E-state index contributed by atoms with van der Waals surface area (Å²) in [5.74, 6) is 2.49. The lowest BCUT2D eigenvalue weighted by molar-refractivity contribution is 0.00160. The molecule has 1 atom stereocenters. The zero-order chi connectivity index (χ0) is 12.5. The molecular formula is C9H11N3O4S. The van der Waals surface area contributed by atoms with Gasteiger partial charge in [-0.05, 0) is 0 Å². The van der Waals surface area contributed by atoms with Crippen molar-refractivity contribution < 1.29 is 17.9 Å². The van der Waals surface area contributed by atoms with Crippen molar-refractivity contribution in [2.75, 3.05) is 13.2 Å². The van der Waals surface area contributed by atoms with Gasteiger partial charge in [-0.2, -0.15) is 5.10 Å². The zero-order valence-electron chi connectivity index (χ0n) is 8.87. The topological polar surface area (TPSA) is 96.4 Å². The number of nitrogens with zero attached hydrogens (tertiary/aromatic N) is 2. The summed E-state index contributed by atoms with van der Waals surface area (Å²) in [6.45, 7) is 0.773. The quantitative estimate of drug-likeness (QED) is 0.696. The third-order valence-corrected chi connectivity index (χ3v) is 3.14. The van der Waals surface area contributed by atoms with Gasteiger partial charge in [0.25, 0.3) is 0 Å². The zero-order valence-corrected chi connectivity index (χ0v) is 9.68. The highest BCUT2D eigenvalue weighted by molar-refractivity contribution is 7.89. The second-order valence-electron chi connectivity index (χ2n) is 3.49. The molecule has 8 heteroatoms. The van der Waals surface area contributed by atoms with Crippen LogP contribution in [0.1, 0.15) is 0 Å². The van der Waals surface area contributed by atoms with E-state index in [9.17, 15) is 8.42 Å². The molecular weight excluding hydrogens is 246 g/mol. The average molecular weight is 257 g/mol. The summed E-state index contributed by atoms with van der Waals surface area (Å²) in [6, 6.07) is 0. The Labute approximate surface area is 98.5 Å². The fourth-order valence-corrected chi connectivity index (χ4v) is 2.11. The Bertz CT molecular complexity index is 557. The van der Waals surface area contributed by atoms with Gasteiger partial charge in [0.1, 0.15) is 19.3 Å². The first-order chi connectivity index (χ1) is 8.02. The first-order valence-corrected chi connectivity index (χ1v) is 6.33. The third kappa shape index (κ3) is 2.41. The molecule has 1 aliphatic rings. The predicted octanol–water partition coefficient (Wildman–Crippen LogP) is -1.06. The van der Waals surface area contributed by atoms with E-state index in [0.717, 1.165) is 6.20 Å². The van der Waals surface area contributed by atoms with E-state index in [1.54, 1.807) is 0 Å². The van der Waals surface area contributed by atoms with E-state index in [0.29, 0.717) is 6.54 Å². The largest absolute Gasteiger partial charge is 0.474 e. The molecule has 1 aromatic rings. The van der Waals surface area contributed by atoms with Crippen LogP contribution in [-0.4, -0.2) is 37.5 Å². The second-order valence-corrected chi connectivity index (χ2v) is 5.02. The van der Waals surface area contributed by atoms with E-state index in [1.807, 2.05) is 0 Å². The van der Waals surface area contributed by atoms with Crippen LogP contribution in [0.15, 0.2) is 11.1 Å². The summed E-state index contributed by atoms with van der Waals surface area (Å²) in [7, 11) is -3.82. The van der Waals surface area contributed by atoms with Crippen LogP contribution in [0.25, 0.3) is 0 Å². The van der Waals surface area contributed by atoms with Gasteiger partial charge in [-0.1, -0.05) is 5.92 Å². The smallest absolute Gasteiger partial charge is 0.245 e. The van der Waals surface area contributed by atoms with Crippen LogP contribution >= 0.6 is 0 Å². The molecule has 0 aromatic carbocycles. The number of hydrogen-bond donors (Lipinski definition) is 1. The molecule has 1 aromatic heterocycles. The molecule has 2 rings (SSSR count). The average Bonchev–Trinajstić information content (AvgIpc) is 2.68. The maximum atomic E-state index is 11.2. The van der Waals surface area contributed by atoms with Gasteiger partial charge in [0, 0.05) is 0 Å². The first-order valence-electron chi connectivity index (χ1n) is 4.79. The predicted molar refractivity (Wildman–Crippen MR) is 57.7 cm³/mol. The minimum Gasteiger partial charge on any atom is -0.474 e.